The van der Waals surface area contributed by atoms with E-state index >= 15 is 0 Å². The summed E-state index contributed by atoms with van der Waals surface area (Å²) < 4.78 is 5.04. The molecule has 24 heavy (non-hydrogen) atoms. The van der Waals surface area contributed by atoms with Crippen LogP contribution in [0.3, 0.4) is 0 Å². The lowest BCUT2D eigenvalue weighted by atomic mass is 10.1. The molecule has 1 heterocycles. The fraction of sp³-hybridized carbons (Fsp3) is 0.500. The Morgan fingerprint density at radius 1 is 1.29 bits per heavy atom. The molecule has 2 amide bonds. The lowest BCUT2D eigenvalue weighted by molar-refractivity contribution is -0.129. The highest BCUT2D eigenvalue weighted by Gasteiger charge is 2.34. The van der Waals surface area contributed by atoms with Gasteiger partial charge in [-0.2, -0.15) is 0 Å². The SMILES string of the molecule is COc1ccc(C(=O)CNC(=O)[C@H]2CC(=O)N(CC(C)C)C2)cc1. The van der Waals surface area contributed by atoms with Crippen LogP contribution in [0.5, 0.6) is 5.75 Å². The van der Waals surface area contributed by atoms with Gasteiger partial charge in [-0.05, 0) is 30.2 Å². The normalized spacial score (nSPS) is 17.2. The summed E-state index contributed by atoms with van der Waals surface area (Å²) in [6, 6.07) is 6.73. The van der Waals surface area contributed by atoms with E-state index in [1.54, 1.807) is 36.3 Å². The minimum atomic E-state index is -0.375. The second-order valence-corrected chi connectivity index (χ2v) is 6.46. The summed E-state index contributed by atoms with van der Waals surface area (Å²) in [5.41, 5.74) is 0.514. The van der Waals surface area contributed by atoms with Crippen LogP contribution in [0.2, 0.25) is 0 Å². The lowest BCUT2D eigenvalue weighted by Gasteiger charge is -2.18. The molecule has 0 aromatic heterocycles. The first kappa shape index (κ1) is 18.0. The number of ether oxygens (including phenoxy) is 1. The average molecular weight is 332 g/mol. The average Bonchev–Trinajstić information content (AvgIpc) is 2.92. The van der Waals surface area contributed by atoms with Crippen LogP contribution < -0.4 is 10.1 Å². The van der Waals surface area contributed by atoms with Crippen molar-refractivity contribution in [3.8, 4) is 5.75 Å². The second kappa shape index (κ2) is 7.95. The molecule has 1 N–H and O–H groups in total. The Bertz CT molecular complexity index is 610. The Morgan fingerprint density at radius 2 is 1.96 bits per heavy atom. The minimum Gasteiger partial charge on any atom is -0.497 e. The van der Waals surface area contributed by atoms with Gasteiger partial charge in [0.15, 0.2) is 5.78 Å². The molecule has 1 saturated heterocycles. The number of ketones is 1. The molecule has 0 aliphatic carbocycles. The number of rotatable bonds is 7. The quantitative estimate of drug-likeness (QED) is 0.768. The van der Waals surface area contributed by atoms with Crippen LogP contribution in [0, 0.1) is 11.8 Å². The zero-order valence-electron chi connectivity index (χ0n) is 14.4. The number of carbonyl (C=O) groups excluding carboxylic acids is 3. The third-order valence-electron chi connectivity index (χ3n) is 4.01. The van der Waals surface area contributed by atoms with E-state index in [1.165, 1.54) is 0 Å². The van der Waals surface area contributed by atoms with Crippen LogP contribution in [0.1, 0.15) is 30.6 Å². The number of benzene rings is 1. The van der Waals surface area contributed by atoms with Crippen molar-refractivity contribution in [3.05, 3.63) is 29.8 Å². The van der Waals surface area contributed by atoms with Gasteiger partial charge in [0, 0.05) is 25.1 Å². The summed E-state index contributed by atoms with van der Waals surface area (Å²) >= 11 is 0. The van der Waals surface area contributed by atoms with Crippen molar-refractivity contribution in [2.24, 2.45) is 11.8 Å². The van der Waals surface area contributed by atoms with Crippen LogP contribution in [0.25, 0.3) is 0 Å². The number of methoxy groups -OCH3 is 1. The maximum Gasteiger partial charge on any atom is 0.225 e. The number of hydrogen-bond acceptors (Lipinski definition) is 4. The van der Waals surface area contributed by atoms with Crippen molar-refractivity contribution in [1.82, 2.24) is 10.2 Å². The summed E-state index contributed by atoms with van der Waals surface area (Å²) in [6.07, 6.45) is 0.218. The van der Waals surface area contributed by atoms with Crippen molar-refractivity contribution in [2.75, 3.05) is 26.7 Å². The van der Waals surface area contributed by atoms with Crippen molar-refractivity contribution in [3.63, 3.8) is 0 Å². The Kier molecular flexibility index (Phi) is 5.95. The van der Waals surface area contributed by atoms with Gasteiger partial charge >= 0.3 is 0 Å². The van der Waals surface area contributed by atoms with E-state index in [0.29, 0.717) is 30.3 Å². The first-order valence-corrected chi connectivity index (χ1v) is 8.13. The Labute approximate surface area is 142 Å². The van der Waals surface area contributed by atoms with E-state index in [9.17, 15) is 14.4 Å². The van der Waals surface area contributed by atoms with E-state index in [1.807, 2.05) is 13.8 Å². The van der Waals surface area contributed by atoms with Gasteiger partial charge in [0.2, 0.25) is 11.8 Å². The van der Waals surface area contributed by atoms with Gasteiger partial charge in [0.1, 0.15) is 5.75 Å². The van der Waals surface area contributed by atoms with E-state index < -0.39 is 0 Å². The largest absolute Gasteiger partial charge is 0.497 e. The van der Waals surface area contributed by atoms with Gasteiger partial charge in [0.05, 0.1) is 19.6 Å². The molecular formula is C18H24N2O4. The fourth-order valence-electron chi connectivity index (χ4n) is 2.76. The number of hydrogen-bond donors (Lipinski definition) is 1. The summed E-state index contributed by atoms with van der Waals surface area (Å²) in [4.78, 5) is 37.9. The molecule has 1 aliphatic heterocycles. The molecule has 1 atom stereocenters. The monoisotopic (exact) mass is 332 g/mol. The molecular weight excluding hydrogens is 308 g/mol. The van der Waals surface area contributed by atoms with Gasteiger partial charge in [-0.25, -0.2) is 0 Å². The summed E-state index contributed by atoms with van der Waals surface area (Å²) in [6.45, 7) is 5.09. The number of carbonyl (C=O) groups is 3. The molecule has 2 rings (SSSR count). The van der Waals surface area contributed by atoms with Crippen molar-refractivity contribution < 1.29 is 19.1 Å². The minimum absolute atomic E-state index is 0.00494. The predicted molar refractivity (Wildman–Crippen MR) is 89.9 cm³/mol. The molecule has 6 nitrogen and oxygen atoms in total. The molecule has 0 saturated carbocycles. The highest BCUT2D eigenvalue weighted by molar-refractivity contribution is 6.00. The van der Waals surface area contributed by atoms with Crippen LogP contribution in [-0.2, 0) is 9.59 Å². The first-order chi connectivity index (χ1) is 11.4. The molecule has 130 valence electrons. The second-order valence-electron chi connectivity index (χ2n) is 6.46. The van der Waals surface area contributed by atoms with Gasteiger partial charge in [-0.15, -0.1) is 0 Å². The topological polar surface area (TPSA) is 75.7 Å². The van der Waals surface area contributed by atoms with Gasteiger partial charge in [-0.1, -0.05) is 13.8 Å². The number of nitrogens with zero attached hydrogens (tertiary/aromatic N) is 1. The number of amides is 2. The van der Waals surface area contributed by atoms with Crippen LogP contribution in [-0.4, -0.2) is 49.2 Å². The van der Waals surface area contributed by atoms with Crippen molar-refractivity contribution in [2.45, 2.75) is 20.3 Å². The summed E-state index contributed by atoms with van der Waals surface area (Å²) in [7, 11) is 1.56. The molecule has 1 fully saturated rings. The standard InChI is InChI=1S/C18H24N2O4/c1-12(2)10-20-11-14(8-17(20)22)18(23)19-9-16(21)13-4-6-15(24-3)7-5-13/h4-7,12,14H,8-11H2,1-3H3,(H,19,23)/t14-/m0/s1. The molecule has 1 aromatic rings. The van der Waals surface area contributed by atoms with E-state index in [-0.39, 0.29) is 36.5 Å². The maximum atomic E-state index is 12.2. The summed E-state index contributed by atoms with van der Waals surface area (Å²) in [5, 5.41) is 2.65. The van der Waals surface area contributed by atoms with Crippen molar-refractivity contribution >= 4 is 17.6 Å². The smallest absolute Gasteiger partial charge is 0.225 e. The predicted octanol–water partition coefficient (Wildman–Crippen LogP) is 1.50. The van der Waals surface area contributed by atoms with Crippen LogP contribution in [0.4, 0.5) is 0 Å². The van der Waals surface area contributed by atoms with Gasteiger partial charge < -0.3 is 15.0 Å². The van der Waals surface area contributed by atoms with Gasteiger partial charge in [-0.3, -0.25) is 14.4 Å². The fourth-order valence-corrected chi connectivity index (χ4v) is 2.76. The highest BCUT2D eigenvalue weighted by atomic mass is 16.5. The number of Topliss-reactive ketones (excluding diaryl/α,β-unsaturated/α-hetero) is 1. The third-order valence-corrected chi connectivity index (χ3v) is 4.01. The van der Waals surface area contributed by atoms with Gasteiger partial charge in [0.25, 0.3) is 0 Å². The van der Waals surface area contributed by atoms with Crippen molar-refractivity contribution in [1.29, 1.82) is 0 Å². The van der Waals surface area contributed by atoms with Crippen LogP contribution >= 0.6 is 0 Å². The molecule has 6 heteroatoms. The number of likely N-dealkylation sites (tertiary alicyclic amines) is 1. The lowest BCUT2D eigenvalue weighted by Crippen LogP contribution is -2.36. The zero-order valence-corrected chi connectivity index (χ0v) is 14.4. The molecule has 1 aromatic carbocycles. The third kappa shape index (κ3) is 4.57. The molecule has 0 radical (unpaired) electrons. The Balaban J connectivity index is 1.84. The Hall–Kier alpha value is -2.37. The highest BCUT2D eigenvalue weighted by Crippen LogP contribution is 2.19. The molecule has 0 spiro atoms. The zero-order chi connectivity index (χ0) is 17.7. The van der Waals surface area contributed by atoms with E-state index in [2.05, 4.69) is 5.32 Å². The molecule has 0 unspecified atom stereocenters. The maximum absolute atomic E-state index is 12.2. The Morgan fingerprint density at radius 3 is 2.54 bits per heavy atom. The first-order valence-electron chi connectivity index (χ1n) is 8.13. The van der Waals surface area contributed by atoms with E-state index in [0.717, 1.165) is 0 Å². The molecule has 1 aliphatic rings. The van der Waals surface area contributed by atoms with E-state index in [4.69, 9.17) is 4.74 Å². The number of nitrogens with one attached hydrogen (secondary N) is 1. The van der Waals surface area contributed by atoms with Crippen LogP contribution in [0.15, 0.2) is 24.3 Å². The molecule has 0 bridgehead atoms. The summed E-state index contributed by atoms with van der Waals surface area (Å²) in [5.74, 6) is 0.258.